The van der Waals surface area contributed by atoms with E-state index >= 15 is 0 Å². The van der Waals surface area contributed by atoms with Gasteiger partial charge >= 0.3 is 0 Å². The van der Waals surface area contributed by atoms with Gasteiger partial charge in [-0.15, -0.1) is 0 Å². The number of ether oxygens (including phenoxy) is 1. The summed E-state index contributed by atoms with van der Waals surface area (Å²) in [5, 5.41) is 15.2. The molecule has 37 heavy (non-hydrogen) atoms. The number of carbonyl (C=O) groups is 2. The quantitative estimate of drug-likeness (QED) is 0.576. The number of hydrogen-bond donors (Lipinski definition) is 2. The van der Waals surface area contributed by atoms with Crippen molar-refractivity contribution in [2.24, 2.45) is 5.92 Å². The van der Waals surface area contributed by atoms with Gasteiger partial charge in [0.2, 0.25) is 0 Å². The number of rotatable bonds is 4. The predicted molar refractivity (Wildman–Crippen MR) is 137 cm³/mol. The Bertz CT molecular complexity index is 1500. The molecule has 1 amide bonds. The Hall–Kier alpha value is -3.45. The van der Waals surface area contributed by atoms with Crippen LogP contribution in [-0.4, -0.2) is 57.5 Å². The zero-order valence-electron chi connectivity index (χ0n) is 20.6. The predicted octanol–water partition coefficient (Wildman–Crippen LogP) is 3.51. The molecular weight excluding hydrogens is 466 g/mol. The lowest BCUT2D eigenvalue weighted by molar-refractivity contribution is -0.143. The third kappa shape index (κ3) is 2.78. The molecule has 1 spiro atoms. The van der Waals surface area contributed by atoms with E-state index < -0.39 is 17.1 Å². The lowest BCUT2D eigenvalue weighted by Gasteiger charge is -2.65. The highest BCUT2D eigenvalue weighted by molar-refractivity contribution is 5.99. The number of phenolic OH excluding ortho intramolecular Hbond substituents is 1. The molecule has 3 aliphatic carbocycles. The molecule has 2 saturated carbocycles. The van der Waals surface area contributed by atoms with Crippen LogP contribution < -0.4 is 10.1 Å². The fraction of sp³-hybridized carbons (Fsp3) is 0.433. The van der Waals surface area contributed by atoms with Gasteiger partial charge in [0.25, 0.3) is 5.91 Å². The van der Waals surface area contributed by atoms with Crippen molar-refractivity contribution in [1.29, 1.82) is 0 Å². The van der Waals surface area contributed by atoms with Gasteiger partial charge in [-0.2, -0.15) is 0 Å². The van der Waals surface area contributed by atoms with Crippen LogP contribution in [0.3, 0.4) is 0 Å². The Kier molecular flexibility index (Phi) is 4.27. The number of carbonyl (C=O) groups excluding carboxylic acids is 2. The van der Waals surface area contributed by atoms with Gasteiger partial charge in [0, 0.05) is 36.2 Å². The number of aromatic hydroxyl groups is 1. The highest BCUT2D eigenvalue weighted by atomic mass is 16.5. The average Bonchev–Trinajstić information content (AvgIpc) is 3.65. The molecule has 7 heteroatoms. The number of ketones is 1. The molecule has 7 nitrogen and oxygen atoms in total. The Morgan fingerprint density at radius 1 is 1.19 bits per heavy atom. The standard InChI is InChI=1S/C30H29N3O4/c34-22-8-7-19-14-24-30(32-28(36)20-13-18-3-1-2-4-21(18)31-15-20)10-9-23(35)27-29(30,25(19)26(22)37-27)11-12-33(24)16-17-5-6-17/h1-4,7-8,13,15,17,24,27,34H,5-6,9-12,14,16H2,(H,32,36)/t24-,27+,29+,30-/m1/s1. The van der Waals surface area contributed by atoms with Gasteiger partial charge in [0.15, 0.2) is 23.4 Å². The third-order valence-electron chi connectivity index (χ3n) is 9.80. The molecule has 3 fully saturated rings. The summed E-state index contributed by atoms with van der Waals surface area (Å²) in [6, 6.07) is 13.4. The zero-order chi connectivity index (χ0) is 24.9. The van der Waals surface area contributed by atoms with E-state index in [4.69, 9.17) is 4.74 Å². The molecule has 1 saturated heterocycles. The van der Waals surface area contributed by atoms with Gasteiger partial charge in [0.1, 0.15) is 0 Å². The summed E-state index contributed by atoms with van der Waals surface area (Å²) >= 11 is 0. The van der Waals surface area contributed by atoms with Crippen molar-refractivity contribution in [1.82, 2.24) is 15.2 Å². The van der Waals surface area contributed by atoms with Gasteiger partial charge in [-0.05, 0) is 68.3 Å². The Balaban J connectivity index is 1.29. The van der Waals surface area contributed by atoms with Gasteiger partial charge < -0.3 is 15.2 Å². The van der Waals surface area contributed by atoms with E-state index in [2.05, 4.69) is 15.2 Å². The normalized spacial score (nSPS) is 31.6. The largest absolute Gasteiger partial charge is 0.504 e. The van der Waals surface area contributed by atoms with Crippen LogP contribution in [0.15, 0.2) is 48.7 Å². The molecule has 3 heterocycles. The fourth-order valence-electron chi connectivity index (χ4n) is 8.03. The van der Waals surface area contributed by atoms with Crippen molar-refractivity contribution in [2.75, 3.05) is 13.1 Å². The molecule has 2 bridgehead atoms. The fourth-order valence-corrected chi connectivity index (χ4v) is 8.03. The number of piperidine rings is 1. The number of aromatic nitrogens is 1. The lowest BCUT2D eigenvalue weighted by atomic mass is 9.47. The summed E-state index contributed by atoms with van der Waals surface area (Å²) < 4.78 is 6.34. The number of para-hydroxylation sites is 1. The average molecular weight is 496 g/mol. The highest BCUT2D eigenvalue weighted by Gasteiger charge is 2.74. The van der Waals surface area contributed by atoms with Crippen molar-refractivity contribution < 1.29 is 19.4 Å². The molecule has 188 valence electrons. The van der Waals surface area contributed by atoms with E-state index in [1.165, 1.54) is 12.8 Å². The Labute approximate surface area is 214 Å². The van der Waals surface area contributed by atoms with Crippen molar-refractivity contribution in [3.63, 3.8) is 0 Å². The molecule has 2 aromatic carbocycles. The van der Waals surface area contributed by atoms with Crippen molar-refractivity contribution in [3.05, 3.63) is 65.4 Å². The molecule has 2 aliphatic heterocycles. The van der Waals surface area contributed by atoms with Crippen molar-refractivity contribution in [2.45, 2.75) is 61.6 Å². The first kappa shape index (κ1) is 21.6. The zero-order valence-corrected chi connectivity index (χ0v) is 20.6. The molecule has 3 aromatic rings. The molecule has 8 rings (SSSR count). The summed E-state index contributed by atoms with van der Waals surface area (Å²) in [4.78, 5) is 34.5. The number of phenols is 1. The minimum Gasteiger partial charge on any atom is -0.504 e. The van der Waals surface area contributed by atoms with Crippen LogP contribution >= 0.6 is 0 Å². The van der Waals surface area contributed by atoms with Gasteiger partial charge in [-0.1, -0.05) is 24.3 Å². The first-order valence-electron chi connectivity index (χ1n) is 13.5. The monoisotopic (exact) mass is 495 g/mol. The second-order valence-electron chi connectivity index (χ2n) is 11.6. The summed E-state index contributed by atoms with van der Waals surface area (Å²) in [6.07, 6.45) is 5.87. The van der Waals surface area contributed by atoms with E-state index in [9.17, 15) is 14.7 Å². The molecule has 0 radical (unpaired) electrons. The number of nitrogens with zero attached hydrogens (tertiary/aromatic N) is 2. The number of fused-ring (bicyclic) bond motifs is 1. The van der Waals surface area contributed by atoms with E-state index in [1.807, 2.05) is 36.4 Å². The Morgan fingerprint density at radius 2 is 2.05 bits per heavy atom. The minimum absolute atomic E-state index is 0.0569. The van der Waals surface area contributed by atoms with Gasteiger partial charge in [-0.3, -0.25) is 19.5 Å². The van der Waals surface area contributed by atoms with Crippen LogP contribution in [0.4, 0.5) is 0 Å². The first-order chi connectivity index (χ1) is 18.0. The molecular formula is C30H29N3O4. The number of Topliss-reactive ketones (excluding diaryl/α,β-unsaturated/α-hetero) is 1. The topological polar surface area (TPSA) is 91.8 Å². The first-order valence-corrected chi connectivity index (χ1v) is 13.5. The van der Waals surface area contributed by atoms with Crippen LogP contribution in [0.25, 0.3) is 10.9 Å². The highest BCUT2D eigenvalue weighted by Crippen LogP contribution is 2.65. The molecule has 4 atom stereocenters. The maximum atomic E-state index is 14.0. The molecule has 5 aliphatic rings. The smallest absolute Gasteiger partial charge is 0.253 e. The van der Waals surface area contributed by atoms with E-state index in [0.717, 1.165) is 41.5 Å². The number of pyridine rings is 1. The van der Waals surface area contributed by atoms with Crippen LogP contribution in [0.1, 0.15) is 53.6 Å². The van der Waals surface area contributed by atoms with Crippen LogP contribution in [-0.2, 0) is 16.6 Å². The summed E-state index contributed by atoms with van der Waals surface area (Å²) in [5.74, 6) is 1.13. The van der Waals surface area contributed by atoms with E-state index in [0.29, 0.717) is 36.5 Å². The summed E-state index contributed by atoms with van der Waals surface area (Å²) in [6.45, 7) is 1.88. The molecule has 2 N–H and O–H groups in total. The number of nitrogens with one attached hydrogen (secondary N) is 1. The number of likely N-dealkylation sites (tertiary alicyclic amines) is 1. The maximum Gasteiger partial charge on any atom is 0.253 e. The number of benzene rings is 2. The summed E-state index contributed by atoms with van der Waals surface area (Å²) in [5.41, 5.74) is 2.09. The van der Waals surface area contributed by atoms with Crippen LogP contribution in [0, 0.1) is 5.92 Å². The van der Waals surface area contributed by atoms with Crippen molar-refractivity contribution in [3.8, 4) is 11.5 Å². The van der Waals surface area contributed by atoms with E-state index in [1.54, 1.807) is 12.3 Å². The number of amides is 1. The second kappa shape index (κ2) is 7.32. The van der Waals surface area contributed by atoms with Crippen LogP contribution in [0.5, 0.6) is 11.5 Å². The van der Waals surface area contributed by atoms with Gasteiger partial charge in [0.05, 0.1) is 22.0 Å². The molecule has 1 aromatic heterocycles. The Morgan fingerprint density at radius 3 is 2.92 bits per heavy atom. The lowest BCUT2D eigenvalue weighted by Crippen LogP contribution is -2.81. The van der Waals surface area contributed by atoms with E-state index in [-0.39, 0.29) is 23.5 Å². The molecule has 0 unspecified atom stereocenters. The second-order valence-corrected chi connectivity index (χ2v) is 11.6. The van der Waals surface area contributed by atoms with Crippen molar-refractivity contribution >= 4 is 22.6 Å². The third-order valence-corrected chi connectivity index (χ3v) is 9.80. The minimum atomic E-state index is -0.691. The number of hydrogen-bond acceptors (Lipinski definition) is 6. The SMILES string of the molecule is O=C(N[C@@]12CCC(=O)[C@@H]3Oc4c(O)ccc5c4[C@@]31CCN(CC1CC1)[C@@H]2C5)c1cnc2ccccc2c1. The maximum absolute atomic E-state index is 14.0. The van der Waals surface area contributed by atoms with Crippen LogP contribution in [0.2, 0.25) is 0 Å². The summed E-state index contributed by atoms with van der Waals surface area (Å²) in [7, 11) is 0. The van der Waals surface area contributed by atoms with Gasteiger partial charge in [-0.25, -0.2) is 0 Å².